The molecule has 2 aromatic rings. The van der Waals surface area contributed by atoms with E-state index in [1.54, 1.807) is 42.5 Å². The van der Waals surface area contributed by atoms with Gasteiger partial charge < -0.3 is 4.74 Å². The number of halogens is 1. The predicted octanol–water partition coefficient (Wildman–Crippen LogP) is 2.33. The first-order chi connectivity index (χ1) is 12.6. The molecule has 0 aromatic heterocycles. The van der Waals surface area contributed by atoms with E-state index in [1.165, 1.54) is 18.2 Å². The van der Waals surface area contributed by atoms with Crippen LogP contribution >= 0.6 is 0 Å². The summed E-state index contributed by atoms with van der Waals surface area (Å²) < 4.78 is 19.0. The number of methoxy groups -OCH3 is 1. The third-order valence-electron chi connectivity index (χ3n) is 4.48. The summed E-state index contributed by atoms with van der Waals surface area (Å²) in [5, 5.41) is 9.22. The molecule has 1 saturated heterocycles. The normalized spacial score (nSPS) is 21.5. The van der Waals surface area contributed by atoms with E-state index in [0.717, 1.165) is 4.90 Å². The molecule has 7 nitrogen and oxygen atoms in total. The number of imide groups is 1. The van der Waals surface area contributed by atoms with E-state index in [4.69, 9.17) is 4.74 Å². The molecule has 0 N–H and O–H groups in total. The molecule has 0 aliphatic carbocycles. The standard InChI is InChI=1S/C18H15FN4O3/c1-26-13-8-6-12(7-9-13)23-17(24)15-16(18(23)25)22(21-20-15)10-11-4-2-3-5-14(11)19/h2-9,15-16H,10H2,1H3/t15-,16-/m1/s1. The van der Waals surface area contributed by atoms with Crippen molar-refractivity contribution in [2.45, 2.75) is 18.6 Å². The van der Waals surface area contributed by atoms with E-state index in [1.807, 2.05) is 0 Å². The van der Waals surface area contributed by atoms with Crippen molar-refractivity contribution in [3.05, 3.63) is 59.9 Å². The van der Waals surface area contributed by atoms with Gasteiger partial charge >= 0.3 is 0 Å². The van der Waals surface area contributed by atoms with Crippen LogP contribution in [-0.4, -0.2) is 36.0 Å². The monoisotopic (exact) mass is 354 g/mol. The highest BCUT2D eigenvalue weighted by Gasteiger charge is 2.54. The lowest BCUT2D eigenvalue weighted by Crippen LogP contribution is -2.39. The summed E-state index contributed by atoms with van der Waals surface area (Å²) in [5.41, 5.74) is 0.825. The molecular weight excluding hydrogens is 339 g/mol. The number of rotatable bonds is 4. The molecule has 0 unspecified atom stereocenters. The van der Waals surface area contributed by atoms with E-state index in [-0.39, 0.29) is 6.54 Å². The van der Waals surface area contributed by atoms with Gasteiger partial charge in [0.1, 0.15) is 11.6 Å². The van der Waals surface area contributed by atoms with Gasteiger partial charge in [-0.1, -0.05) is 23.4 Å². The zero-order valence-electron chi connectivity index (χ0n) is 13.9. The highest BCUT2D eigenvalue weighted by atomic mass is 19.1. The Kier molecular flexibility index (Phi) is 3.87. The van der Waals surface area contributed by atoms with Gasteiger partial charge in [-0.2, -0.15) is 5.11 Å². The highest BCUT2D eigenvalue weighted by molar-refractivity contribution is 6.25. The molecule has 26 heavy (non-hydrogen) atoms. The molecule has 8 heteroatoms. The third-order valence-corrected chi connectivity index (χ3v) is 4.48. The van der Waals surface area contributed by atoms with E-state index >= 15 is 0 Å². The van der Waals surface area contributed by atoms with E-state index < -0.39 is 29.7 Å². The Labute approximate surface area is 148 Å². The number of carbonyl (C=O) groups excluding carboxylic acids is 2. The molecule has 2 amide bonds. The molecule has 2 heterocycles. The van der Waals surface area contributed by atoms with Crippen molar-refractivity contribution in [2.75, 3.05) is 12.0 Å². The summed E-state index contributed by atoms with van der Waals surface area (Å²) in [6.07, 6.45) is 0. The lowest BCUT2D eigenvalue weighted by molar-refractivity contribution is -0.123. The third kappa shape index (κ3) is 2.50. The first-order valence-electron chi connectivity index (χ1n) is 8.03. The number of hydrogen-bond acceptors (Lipinski definition) is 6. The van der Waals surface area contributed by atoms with Crippen LogP contribution in [0.1, 0.15) is 5.56 Å². The molecule has 0 radical (unpaired) electrons. The number of benzene rings is 2. The smallest absolute Gasteiger partial charge is 0.263 e. The fraction of sp³-hybridized carbons (Fsp3) is 0.222. The number of amides is 2. The number of ether oxygens (including phenoxy) is 1. The van der Waals surface area contributed by atoms with Crippen LogP contribution in [0.15, 0.2) is 58.9 Å². The molecule has 1 fully saturated rings. The molecule has 4 rings (SSSR count). The number of nitrogens with zero attached hydrogens (tertiary/aromatic N) is 4. The van der Waals surface area contributed by atoms with Gasteiger partial charge in [-0.25, -0.2) is 9.29 Å². The molecule has 0 saturated carbocycles. The minimum Gasteiger partial charge on any atom is -0.497 e. The SMILES string of the molecule is COc1ccc(N2C(=O)[C@@H]3N=NN(Cc4ccccc4F)[C@H]3C2=O)cc1. The first kappa shape index (κ1) is 16.2. The Morgan fingerprint density at radius 2 is 1.81 bits per heavy atom. The maximum Gasteiger partial charge on any atom is 0.263 e. The summed E-state index contributed by atoms with van der Waals surface area (Å²) >= 11 is 0. The average Bonchev–Trinajstić information content (AvgIpc) is 3.17. The maximum atomic E-state index is 13.9. The Bertz CT molecular complexity index is 900. The molecule has 2 aromatic carbocycles. The van der Waals surface area contributed by atoms with Gasteiger partial charge in [0.05, 0.1) is 19.3 Å². The lowest BCUT2D eigenvalue weighted by atomic mass is 10.1. The van der Waals surface area contributed by atoms with Crippen LogP contribution in [-0.2, 0) is 16.1 Å². The van der Waals surface area contributed by atoms with Gasteiger partial charge in [-0.15, -0.1) is 0 Å². The van der Waals surface area contributed by atoms with Crippen LogP contribution in [0.5, 0.6) is 5.75 Å². The number of anilines is 1. The molecule has 0 bridgehead atoms. The van der Waals surface area contributed by atoms with E-state index in [9.17, 15) is 14.0 Å². The summed E-state index contributed by atoms with van der Waals surface area (Å²) in [4.78, 5) is 26.6. The van der Waals surface area contributed by atoms with Crippen molar-refractivity contribution in [2.24, 2.45) is 10.3 Å². The van der Waals surface area contributed by atoms with Gasteiger partial charge in [0, 0.05) is 5.56 Å². The second-order valence-corrected chi connectivity index (χ2v) is 5.99. The van der Waals surface area contributed by atoms with Crippen LogP contribution in [0.3, 0.4) is 0 Å². The predicted molar refractivity (Wildman–Crippen MR) is 89.9 cm³/mol. The van der Waals surface area contributed by atoms with Gasteiger partial charge in [0.25, 0.3) is 11.8 Å². The molecular formula is C18H15FN4O3. The van der Waals surface area contributed by atoms with Crippen molar-refractivity contribution >= 4 is 17.5 Å². The van der Waals surface area contributed by atoms with E-state index in [2.05, 4.69) is 10.3 Å². The quantitative estimate of drug-likeness (QED) is 0.790. The molecule has 0 spiro atoms. The van der Waals surface area contributed by atoms with Crippen LogP contribution in [0, 0.1) is 5.82 Å². The van der Waals surface area contributed by atoms with Crippen molar-refractivity contribution < 1.29 is 18.7 Å². The largest absolute Gasteiger partial charge is 0.497 e. The fourth-order valence-corrected chi connectivity index (χ4v) is 3.14. The summed E-state index contributed by atoms with van der Waals surface area (Å²) in [6, 6.07) is 11.1. The van der Waals surface area contributed by atoms with Crippen LogP contribution in [0.25, 0.3) is 0 Å². The lowest BCUT2D eigenvalue weighted by Gasteiger charge is -2.21. The van der Waals surface area contributed by atoms with Crippen molar-refractivity contribution in [1.29, 1.82) is 0 Å². The summed E-state index contributed by atoms with van der Waals surface area (Å²) in [5.74, 6) is -0.639. The average molecular weight is 354 g/mol. The molecule has 132 valence electrons. The minimum absolute atomic E-state index is 0.0623. The maximum absolute atomic E-state index is 13.9. The molecule has 2 aliphatic heterocycles. The molecule has 2 aliphatic rings. The van der Waals surface area contributed by atoms with Crippen molar-refractivity contribution in [3.63, 3.8) is 0 Å². The van der Waals surface area contributed by atoms with E-state index in [0.29, 0.717) is 17.0 Å². The highest BCUT2D eigenvalue weighted by Crippen LogP contribution is 2.33. The zero-order valence-corrected chi connectivity index (χ0v) is 13.9. The van der Waals surface area contributed by atoms with Gasteiger partial charge in [-0.05, 0) is 30.3 Å². The Morgan fingerprint density at radius 1 is 1.08 bits per heavy atom. The topological polar surface area (TPSA) is 74.6 Å². The Hall–Kier alpha value is -3.29. The van der Waals surface area contributed by atoms with Gasteiger partial charge in [0.15, 0.2) is 12.1 Å². The second-order valence-electron chi connectivity index (χ2n) is 5.99. The summed E-state index contributed by atoms with van der Waals surface area (Å²) in [6.45, 7) is 0.0623. The molecule has 2 atom stereocenters. The summed E-state index contributed by atoms with van der Waals surface area (Å²) in [7, 11) is 1.53. The zero-order chi connectivity index (χ0) is 18.3. The first-order valence-corrected chi connectivity index (χ1v) is 8.03. The van der Waals surface area contributed by atoms with Crippen molar-refractivity contribution in [3.8, 4) is 5.75 Å². The Morgan fingerprint density at radius 3 is 2.50 bits per heavy atom. The number of fused-ring (bicyclic) bond motifs is 1. The van der Waals surface area contributed by atoms with Gasteiger partial charge in [0.2, 0.25) is 0 Å². The van der Waals surface area contributed by atoms with Crippen LogP contribution < -0.4 is 9.64 Å². The number of carbonyl (C=O) groups is 2. The number of hydrogen-bond donors (Lipinski definition) is 0. The van der Waals surface area contributed by atoms with Crippen molar-refractivity contribution in [1.82, 2.24) is 5.01 Å². The van der Waals surface area contributed by atoms with Crippen LogP contribution in [0.2, 0.25) is 0 Å². The minimum atomic E-state index is -0.906. The second kappa shape index (κ2) is 6.21. The van der Waals surface area contributed by atoms with Crippen LogP contribution in [0.4, 0.5) is 10.1 Å². The Balaban J connectivity index is 1.60. The fourth-order valence-electron chi connectivity index (χ4n) is 3.14. The van der Waals surface area contributed by atoms with Gasteiger partial charge in [-0.3, -0.25) is 14.6 Å².